The number of sulfonamides is 1. The smallest absolute Gasteiger partial charge is 0.244 e. The standard InChI is InChI=1S/C19H20N4O2S2/c1-15-6-8-17(9-7-15)21-19(26)22-10-12-23(13-11-22)27(24,25)18-5-3-2-4-16(18)14-20/h2-9H,10-13H2,1H3,(H,21,26). The van der Waals surface area contributed by atoms with Gasteiger partial charge in [0.15, 0.2) is 5.11 Å². The van der Waals surface area contributed by atoms with E-state index in [0.717, 1.165) is 5.69 Å². The van der Waals surface area contributed by atoms with Crippen LogP contribution in [0.15, 0.2) is 53.4 Å². The molecule has 0 spiro atoms. The maximum atomic E-state index is 12.9. The van der Waals surface area contributed by atoms with Crippen LogP contribution in [-0.4, -0.2) is 48.9 Å². The average Bonchev–Trinajstić information content (AvgIpc) is 2.69. The number of rotatable bonds is 3. The van der Waals surface area contributed by atoms with Crippen molar-refractivity contribution >= 4 is 33.0 Å². The van der Waals surface area contributed by atoms with Crippen molar-refractivity contribution in [3.05, 3.63) is 59.7 Å². The molecule has 0 radical (unpaired) electrons. The second kappa shape index (κ2) is 8.05. The zero-order chi connectivity index (χ0) is 19.4. The van der Waals surface area contributed by atoms with Crippen LogP contribution < -0.4 is 5.32 Å². The van der Waals surface area contributed by atoms with Crippen molar-refractivity contribution in [3.63, 3.8) is 0 Å². The molecule has 6 nitrogen and oxygen atoms in total. The first kappa shape index (κ1) is 19.3. The molecule has 0 unspecified atom stereocenters. The van der Waals surface area contributed by atoms with Crippen LogP contribution in [0.2, 0.25) is 0 Å². The summed E-state index contributed by atoms with van der Waals surface area (Å²) in [6.07, 6.45) is 0. The molecule has 0 bridgehead atoms. The minimum Gasteiger partial charge on any atom is -0.346 e. The number of thiocarbonyl (C=S) groups is 1. The molecular weight excluding hydrogens is 380 g/mol. The summed E-state index contributed by atoms with van der Waals surface area (Å²) in [4.78, 5) is 2.01. The number of nitrogens with zero attached hydrogens (tertiary/aromatic N) is 3. The zero-order valence-corrected chi connectivity index (χ0v) is 16.6. The quantitative estimate of drug-likeness (QED) is 0.798. The van der Waals surface area contributed by atoms with Gasteiger partial charge in [-0.15, -0.1) is 0 Å². The third-order valence-corrected chi connectivity index (χ3v) is 6.77. The number of nitriles is 1. The number of anilines is 1. The molecule has 2 aromatic rings. The number of piperazine rings is 1. The van der Waals surface area contributed by atoms with Crippen LogP contribution in [0.3, 0.4) is 0 Å². The summed E-state index contributed by atoms with van der Waals surface area (Å²) < 4.78 is 27.2. The molecule has 1 saturated heterocycles. The summed E-state index contributed by atoms with van der Waals surface area (Å²) in [5.74, 6) is 0. The molecule has 1 N–H and O–H groups in total. The number of hydrogen-bond acceptors (Lipinski definition) is 4. The van der Waals surface area contributed by atoms with Gasteiger partial charge in [0.25, 0.3) is 0 Å². The third kappa shape index (κ3) is 4.27. The van der Waals surface area contributed by atoms with E-state index >= 15 is 0 Å². The minimum absolute atomic E-state index is 0.0568. The van der Waals surface area contributed by atoms with Gasteiger partial charge in [0.05, 0.1) is 10.5 Å². The SMILES string of the molecule is Cc1ccc(NC(=S)N2CCN(S(=O)(=O)c3ccccc3C#N)CC2)cc1. The molecule has 2 aromatic carbocycles. The summed E-state index contributed by atoms with van der Waals surface area (Å²) in [5.41, 5.74) is 2.24. The Morgan fingerprint density at radius 1 is 1.07 bits per heavy atom. The highest BCUT2D eigenvalue weighted by Gasteiger charge is 2.30. The van der Waals surface area contributed by atoms with E-state index < -0.39 is 10.0 Å². The minimum atomic E-state index is -3.70. The molecule has 1 aliphatic heterocycles. The molecule has 1 heterocycles. The molecule has 0 atom stereocenters. The molecule has 8 heteroatoms. The summed E-state index contributed by atoms with van der Waals surface area (Å²) in [6.45, 7) is 3.64. The van der Waals surface area contributed by atoms with Gasteiger partial charge < -0.3 is 10.2 Å². The van der Waals surface area contributed by atoms with Crippen molar-refractivity contribution in [1.29, 1.82) is 5.26 Å². The second-order valence-electron chi connectivity index (χ2n) is 6.30. The number of hydrogen-bond donors (Lipinski definition) is 1. The zero-order valence-electron chi connectivity index (χ0n) is 14.9. The molecule has 0 amide bonds. The van der Waals surface area contributed by atoms with Gasteiger partial charge in [0.2, 0.25) is 10.0 Å². The Balaban J connectivity index is 1.65. The summed E-state index contributed by atoms with van der Waals surface area (Å²) in [5, 5.41) is 13.0. The molecule has 27 heavy (non-hydrogen) atoms. The highest BCUT2D eigenvalue weighted by Crippen LogP contribution is 2.21. The highest BCUT2D eigenvalue weighted by molar-refractivity contribution is 7.89. The van der Waals surface area contributed by atoms with Gasteiger partial charge >= 0.3 is 0 Å². The van der Waals surface area contributed by atoms with Crippen LogP contribution in [-0.2, 0) is 10.0 Å². The van der Waals surface area contributed by atoms with Crippen molar-refractivity contribution in [2.24, 2.45) is 0 Å². The van der Waals surface area contributed by atoms with Crippen molar-refractivity contribution in [2.45, 2.75) is 11.8 Å². The average molecular weight is 401 g/mol. The lowest BCUT2D eigenvalue weighted by atomic mass is 10.2. The molecule has 0 saturated carbocycles. The Morgan fingerprint density at radius 3 is 2.33 bits per heavy atom. The van der Waals surface area contributed by atoms with E-state index in [0.29, 0.717) is 31.3 Å². The first-order chi connectivity index (χ1) is 12.9. The number of benzene rings is 2. The fourth-order valence-corrected chi connectivity index (χ4v) is 4.76. The lowest BCUT2D eigenvalue weighted by Crippen LogP contribution is -2.51. The van der Waals surface area contributed by atoms with Gasteiger partial charge in [-0.25, -0.2) is 8.42 Å². The predicted octanol–water partition coefficient (Wildman–Crippen LogP) is 2.57. The molecule has 3 rings (SSSR count). The summed E-state index contributed by atoms with van der Waals surface area (Å²) in [6, 6.07) is 16.2. The maximum absolute atomic E-state index is 12.9. The van der Waals surface area contributed by atoms with Crippen molar-refractivity contribution in [1.82, 2.24) is 9.21 Å². The van der Waals surface area contributed by atoms with E-state index in [-0.39, 0.29) is 10.5 Å². The Hall–Kier alpha value is -2.47. The maximum Gasteiger partial charge on any atom is 0.244 e. The first-order valence-electron chi connectivity index (χ1n) is 8.53. The van der Waals surface area contributed by atoms with Gasteiger partial charge in [-0.05, 0) is 43.4 Å². The fourth-order valence-electron chi connectivity index (χ4n) is 2.89. The van der Waals surface area contributed by atoms with Gasteiger partial charge in [-0.1, -0.05) is 29.8 Å². The molecular formula is C19H20N4O2S2. The lowest BCUT2D eigenvalue weighted by molar-refractivity contribution is 0.268. The van der Waals surface area contributed by atoms with Crippen molar-refractivity contribution < 1.29 is 8.42 Å². The highest BCUT2D eigenvalue weighted by atomic mass is 32.2. The monoisotopic (exact) mass is 400 g/mol. The molecule has 1 fully saturated rings. The fraction of sp³-hybridized carbons (Fsp3) is 0.263. The van der Waals surface area contributed by atoms with E-state index in [4.69, 9.17) is 12.2 Å². The molecule has 0 aliphatic carbocycles. The van der Waals surface area contributed by atoms with Gasteiger partial charge in [0, 0.05) is 31.9 Å². The van der Waals surface area contributed by atoms with E-state index in [1.807, 2.05) is 42.2 Å². The normalized spacial score (nSPS) is 15.2. The second-order valence-corrected chi connectivity index (χ2v) is 8.59. The van der Waals surface area contributed by atoms with E-state index in [9.17, 15) is 13.7 Å². The topological polar surface area (TPSA) is 76.4 Å². The third-order valence-electron chi connectivity index (χ3n) is 4.45. The summed E-state index contributed by atoms with van der Waals surface area (Å²) in [7, 11) is -3.70. The van der Waals surface area contributed by atoms with Crippen LogP contribution in [0.5, 0.6) is 0 Å². The molecule has 0 aromatic heterocycles. The van der Waals surface area contributed by atoms with Crippen LogP contribution in [0, 0.1) is 18.3 Å². The van der Waals surface area contributed by atoms with E-state index in [2.05, 4.69) is 5.32 Å². The van der Waals surface area contributed by atoms with Crippen molar-refractivity contribution in [3.8, 4) is 6.07 Å². The Labute approximate surface area is 165 Å². The Kier molecular flexibility index (Phi) is 5.75. The van der Waals surface area contributed by atoms with Gasteiger partial charge in [-0.3, -0.25) is 0 Å². The van der Waals surface area contributed by atoms with E-state index in [1.54, 1.807) is 12.1 Å². The molecule has 1 aliphatic rings. The Bertz CT molecular complexity index is 974. The Morgan fingerprint density at radius 2 is 1.70 bits per heavy atom. The van der Waals surface area contributed by atoms with Gasteiger partial charge in [-0.2, -0.15) is 9.57 Å². The molecule has 140 valence electrons. The summed E-state index contributed by atoms with van der Waals surface area (Å²) >= 11 is 5.46. The van der Waals surface area contributed by atoms with Crippen LogP contribution in [0.1, 0.15) is 11.1 Å². The number of nitrogens with one attached hydrogen (secondary N) is 1. The van der Waals surface area contributed by atoms with Crippen LogP contribution in [0.25, 0.3) is 0 Å². The predicted molar refractivity (Wildman–Crippen MR) is 109 cm³/mol. The lowest BCUT2D eigenvalue weighted by Gasteiger charge is -2.35. The number of aryl methyl sites for hydroxylation is 1. The van der Waals surface area contributed by atoms with Crippen LogP contribution >= 0.6 is 12.2 Å². The van der Waals surface area contributed by atoms with E-state index in [1.165, 1.54) is 22.0 Å². The first-order valence-corrected chi connectivity index (χ1v) is 10.4. The van der Waals surface area contributed by atoms with Crippen molar-refractivity contribution in [2.75, 3.05) is 31.5 Å². The van der Waals surface area contributed by atoms with Crippen LogP contribution in [0.4, 0.5) is 5.69 Å². The van der Waals surface area contributed by atoms with Gasteiger partial charge in [0.1, 0.15) is 6.07 Å². The largest absolute Gasteiger partial charge is 0.346 e.